The van der Waals surface area contributed by atoms with Gasteiger partial charge in [-0.2, -0.15) is 10.5 Å². The van der Waals surface area contributed by atoms with Crippen LogP contribution in [0.15, 0.2) is 0 Å². The highest BCUT2D eigenvalue weighted by atomic mass is 16.6. The number of carboxylic acids is 3. The van der Waals surface area contributed by atoms with E-state index < -0.39 is 92.3 Å². The molecule has 3 rings (SSSR count). The average Bonchev–Trinajstić information content (AvgIpc) is 3.49. The minimum Gasteiger partial charge on any atom is -0.481 e. The van der Waals surface area contributed by atoms with Crippen LogP contribution < -0.4 is 27.2 Å². The van der Waals surface area contributed by atoms with Gasteiger partial charge in [0.25, 0.3) is 0 Å². The summed E-state index contributed by atoms with van der Waals surface area (Å²) >= 11 is 0. The number of piperidine rings is 1. The van der Waals surface area contributed by atoms with Crippen molar-refractivity contribution in [1.82, 2.24) is 36.4 Å². The van der Waals surface area contributed by atoms with E-state index in [0.717, 1.165) is 26.4 Å². The van der Waals surface area contributed by atoms with Gasteiger partial charge in [-0.3, -0.25) is 45.8 Å². The quantitative estimate of drug-likeness (QED) is 0.0432. The van der Waals surface area contributed by atoms with E-state index >= 15 is 0 Å². The summed E-state index contributed by atoms with van der Waals surface area (Å²) in [5.41, 5.74) is 6.58. The molecular formula is C27H48N8O12. The molecule has 4 atom stereocenters. The Morgan fingerprint density at radius 1 is 0.872 bits per heavy atom. The van der Waals surface area contributed by atoms with Gasteiger partial charge in [0.15, 0.2) is 17.2 Å². The van der Waals surface area contributed by atoms with Crippen LogP contribution in [-0.2, 0) is 42.9 Å². The molecule has 3 aliphatic heterocycles. The van der Waals surface area contributed by atoms with E-state index in [9.17, 15) is 39.3 Å². The molecule has 3 heterocycles. The fourth-order valence-electron chi connectivity index (χ4n) is 6.09. The van der Waals surface area contributed by atoms with Crippen molar-refractivity contribution in [2.24, 2.45) is 5.73 Å². The number of carboxylic acid groups (broad SMARTS) is 3. The molecule has 268 valence electrons. The van der Waals surface area contributed by atoms with Crippen molar-refractivity contribution in [3.05, 3.63) is 0 Å². The van der Waals surface area contributed by atoms with Crippen LogP contribution in [-0.4, -0.2) is 163 Å². The Morgan fingerprint density at radius 2 is 1.51 bits per heavy atom. The number of nitrogens with zero attached hydrogens (tertiary/aromatic N) is 3. The number of esters is 2. The second kappa shape index (κ2) is 17.4. The van der Waals surface area contributed by atoms with Crippen LogP contribution in [0.1, 0.15) is 39.0 Å². The van der Waals surface area contributed by atoms with Crippen LogP contribution in [0.2, 0.25) is 0 Å². The number of hydrazine groups is 2. The number of carbonyl (C=O) groups excluding carboxylic acids is 2. The van der Waals surface area contributed by atoms with Gasteiger partial charge >= 0.3 is 29.8 Å². The maximum absolute atomic E-state index is 12.9. The standard InChI is InChI=1S/C27H48N8O12/c1-3-45-24(43)16-31-26(30-15-23(42)44-2)25(29-9-7-20(36)37,47-14-8-21(38)39)19(46-18-22(40)41)17-35(32-34-12-4-5-13-34)27(26,28)33-10-6-11-33/h19,29-32H,3-18,28H2,1-2H3,(H,36,37)(H,38,39)(H,40,41). The third-order valence-electron chi connectivity index (χ3n) is 8.34. The molecule has 0 bridgehead atoms. The predicted octanol–water partition coefficient (Wildman–Crippen LogP) is -3.53. The van der Waals surface area contributed by atoms with Crippen LogP contribution in [0, 0.1) is 0 Å². The Labute approximate surface area is 272 Å². The van der Waals surface area contributed by atoms with Crippen molar-refractivity contribution in [3.63, 3.8) is 0 Å². The second-order valence-corrected chi connectivity index (χ2v) is 11.3. The molecule has 20 nitrogen and oxygen atoms in total. The SMILES string of the molecule is CCOC(=O)CNC1(NCC(=O)OC)C(NCCC(=O)O)(OCCC(=O)O)C(OCC(=O)O)CN(NN2CCCC2)C1(N)N1CCC1. The molecule has 0 saturated carbocycles. The van der Waals surface area contributed by atoms with E-state index in [1.54, 1.807) is 11.9 Å². The first-order valence-corrected chi connectivity index (χ1v) is 15.6. The monoisotopic (exact) mass is 676 g/mol. The first-order chi connectivity index (χ1) is 22.3. The van der Waals surface area contributed by atoms with Crippen molar-refractivity contribution in [2.45, 2.75) is 62.3 Å². The molecule has 0 spiro atoms. The Bertz CT molecular complexity index is 1090. The lowest BCUT2D eigenvalue weighted by Gasteiger charge is -2.70. The zero-order valence-electron chi connectivity index (χ0n) is 26.8. The smallest absolute Gasteiger partial charge is 0.329 e. The van der Waals surface area contributed by atoms with Crippen LogP contribution in [0.5, 0.6) is 0 Å². The highest BCUT2D eigenvalue weighted by Gasteiger charge is 2.74. The molecule has 3 aliphatic rings. The summed E-state index contributed by atoms with van der Waals surface area (Å²) in [5.74, 6) is -7.06. The highest BCUT2D eigenvalue weighted by molar-refractivity contribution is 5.73. The average molecular weight is 677 g/mol. The summed E-state index contributed by atoms with van der Waals surface area (Å²) in [4.78, 5) is 62.8. The third-order valence-corrected chi connectivity index (χ3v) is 8.34. The lowest BCUT2D eigenvalue weighted by Crippen LogP contribution is -3.01. The van der Waals surface area contributed by atoms with E-state index in [1.165, 1.54) is 0 Å². The lowest BCUT2D eigenvalue weighted by atomic mass is 9.76. The Balaban J connectivity index is 2.35. The third kappa shape index (κ3) is 8.90. The Morgan fingerprint density at radius 3 is 2.04 bits per heavy atom. The van der Waals surface area contributed by atoms with Crippen LogP contribution in [0.4, 0.5) is 0 Å². The number of carbonyl (C=O) groups is 5. The minimum atomic E-state index is -2.15. The van der Waals surface area contributed by atoms with E-state index in [0.29, 0.717) is 26.2 Å². The molecule has 3 fully saturated rings. The molecule has 0 amide bonds. The number of methoxy groups -OCH3 is 1. The second-order valence-electron chi connectivity index (χ2n) is 11.3. The first-order valence-electron chi connectivity index (χ1n) is 15.6. The van der Waals surface area contributed by atoms with E-state index in [2.05, 4.69) is 21.5 Å². The van der Waals surface area contributed by atoms with Gasteiger partial charge in [-0.05, 0) is 26.2 Å². The van der Waals surface area contributed by atoms with E-state index in [-0.39, 0.29) is 19.7 Å². The van der Waals surface area contributed by atoms with Gasteiger partial charge in [-0.1, -0.05) is 0 Å². The maximum atomic E-state index is 12.9. The number of aliphatic carboxylic acids is 3. The summed E-state index contributed by atoms with van der Waals surface area (Å²) < 4.78 is 22.5. The summed E-state index contributed by atoms with van der Waals surface area (Å²) in [7, 11) is 1.16. The predicted molar refractivity (Wildman–Crippen MR) is 160 cm³/mol. The van der Waals surface area contributed by atoms with Gasteiger partial charge in [0.1, 0.15) is 12.7 Å². The van der Waals surface area contributed by atoms with Crippen molar-refractivity contribution in [2.75, 3.05) is 79.3 Å². The lowest BCUT2D eigenvalue weighted by molar-refractivity contribution is -0.331. The molecule has 3 saturated heterocycles. The van der Waals surface area contributed by atoms with Gasteiger partial charge in [0.2, 0.25) is 0 Å². The fraction of sp³-hybridized carbons (Fsp3) is 0.815. The Kier molecular flexibility index (Phi) is 14.2. The number of ether oxygens (including phenoxy) is 4. The molecule has 0 aliphatic carbocycles. The number of hydrogen-bond acceptors (Lipinski definition) is 17. The Hall–Kier alpha value is -3.05. The van der Waals surface area contributed by atoms with Gasteiger partial charge < -0.3 is 34.3 Å². The van der Waals surface area contributed by atoms with Crippen LogP contribution >= 0.6 is 0 Å². The summed E-state index contributed by atoms with van der Waals surface area (Å²) in [6.45, 7) is 0.855. The fourth-order valence-corrected chi connectivity index (χ4v) is 6.09. The van der Waals surface area contributed by atoms with Crippen LogP contribution in [0.25, 0.3) is 0 Å². The number of nitrogens with one attached hydrogen (secondary N) is 4. The normalized spacial score (nSPS) is 28.4. The zero-order valence-corrected chi connectivity index (χ0v) is 26.8. The van der Waals surface area contributed by atoms with Crippen LogP contribution in [0.3, 0.4) is 0 Å². The molecule has 0 aromatic carbocycles. The topological polar surface area (TPSA) is 267 Å². The number of rotatable bonds is 21. The van der Waals surface area contributed by atoms with Crippen molar-refractivity contribution in [1.29, 1.82) is 0 Å². The maximum Gasteiger partial charge on any atom is 0.329 e. The summed E-state index contributed by atoms with van der Waals surface area (Å²) in [5, 5.41) is 41.5. The molecule has 4 unspecified atom stereocenters. The van der Waals surface area contributed by atoms with E-state index in [4.69, 9.17) is 24.7 Å². The van der Waals surface area contributed by atoms with Gasteiger partial charge in [-0.15, -0.1) is 0 Å². The van der Waals surface area contributed by atoms with Gasteiger partial charge in [0.05, 0.1) is 46.3 Å². The zero-order chi connectivity index (χ0) is 34.7. The van der Waals surface area contributed by atoms with Crippen molar-refractivity contribution in [3.8, 4) is 0 Å². The molecular weight excluding hydrogens is 628 g/mol. The van der Waals surface area contributed by atoms with Crippen molar-refractivity contribution >= 4 is 29.8 Å². The summed E-state index contributed by atoms with van der Waals surface area (Å²) in [6, 6.07) is 0. The van der Waals surface area contributed by atoms with Gasteiger partial charge in [0, 0.05) is 39.3 Å². The summed E-state index contributed by atoms with van der Waals surface area (Å²) in [6.07, 6.45) is 0.127. The minimum absolute atomic E-state index is 0.0348. The first kappa shape index (κ1) is 38.4. The van der Waals surface area contributed by atoms with E-state index in [1.807, 2.05) is 9.91 Å². The number of nitrogens with two attached hydrogens (primary N) is 1. The molecule has 0 aromatic heterocycles. The largest absolute Gasteiger partial charge is 0.481 e. The molecule has 0 radical (unpaired) electrons. The van der Waals surface area contributed by atoms with Crippen molar-refractivity contribution < 1.29 is 58.2 Å². The highest BCUT2D eigenvalue weighted by Crippen LogP contribution is 2.44. The number of likely N-dealkylation sites (tertiary alicyclic amines) is 1. The molecule has 20 heteroatoms. The molecule has 47 heavy (non-hydrogen) atoms. The van der Waals surface area contributed by atoms with Gasteiger partial charge in [-0.25, -0.2) is 9.80 Å². The molecule has 0 aromatic rings. The number of hydrogen-bond donors (Lipinski definition) is 8. The molecule has 9 N–H and O–H groups in total.